The van der Waals surface area contributed by atoms with Crippen LogP contribution in [0.15, 0.2) is 36.4 Å². The number of hydrogen-bond acceptors (Lipinski definition) is 6. The molecule has 0 atom stereocenters. The third-order valence-corrected chi connectivity index (χ3v) is 4.54. The summed E-state index contributed by atoms with van der Waals surface area (Å²) in [7, 11) is 0. The Bertz CT molecular complexity index is 683. The molecular formula is C19H25N5O. The van der Waals surface area contributed by atoms with Crippen LogP contribution in [-0.2, 0) is 4.74 Å². The molecular weight excluding hydrogens is 314 g/mol. The fourth-order valence-corrected chi connectivity index (χ4v) is 2.94. The fourth-order valence-electron chi connectivity index (χ4n) is 2.94. The summed E-state index contributed by atoms with van der Waals surface area (Å²) in [5.74, 6) is 1.60. The topological polar surface area (TPSA) is 62.3 Å². The van der Waals surface area contributed by atoms with Gasteiger partial charge in [-0.05, 0) is 12.8 Å². The fraction of sp³-hybridized carbons (Fsp3) is 0.474. The van der Waals surface area contributed by atoms with Gasteiger partial charge in [0.1, 0.15) is 5.82 Å². The first-order chi connectivity index (χ1) is 12.4. The lowest BCUT2D eigenvalue weighted by atomic mass is 10.1. The molecule has 0 amide bonds. The van der Waals surface area contributed by atoms with Crippen LogP contribution in [0.1, 0.15) is 12.8 Å². The smallest absolute Gasteiger partial charge is 0.225 e. The standard InChI is InChI=1S/C19H25N5O/c1-2-4-15(5-3-1)17-14-18(21-16-6-7-16)23-19(22-17)20-8-9-24-10-12-25-13-11-24/h1-5,14,16H,6-13H2,(H2,20,21,22,23). The summed E-state index contributed by atoms with van der Waals surface area (Å²) in [6.45, 7) is 5.47. The largest absolute Gasteiger partial charge is 0.379 e. The van der Waals surface area contributed by atoms with E-state index in [4.69, 9.17) is 9.72 Å². The highest BCUT2D eigenvalue weighted by Gasteiger charge is 2.22. The zero-order valence-corrected chi connectivity index (χ0v) is 14.4. The molecule has 2 aliphatic rings. The molecule has 0 unspecified atom stereocenters. The number of ether oxygens (including phenoxy) is 1. The molecule has 1 aromatic heterocycles. The number of nitrogens with zero attached hydrogens (tertiary/aromatic N) is 3. The summed E-state index contributed by atoms with van der Waals surface area (Å²) in [5, 5.41) is 6.88. The monoisotopic (exact) mass is 339 g/mol. The highest BCUT2D eigenvalue weighted by atomic mass is 16.5. The average Bonchev–Trinajstić information content (AvgIpc) is 3.47. The van der Waals surface area contributed by atoms with Crippen molar-refractivity contribution in [3.05, 3.63) is 36.4 Å². The molecule has 2 heterocycles. The third kappa shape index (κ3) is 4.67. The summed E-state index contributed by atoms with van der Waals surface area (Å²) in [6, 6.07) is 12.9. The van der Waals surface area contributed by atoms with E-state index in [-0.39, 0.29) is 0 Å². The van der Waals surface area contributed by atoms with E-state index in [1.54, 1.807) is 0 Å². The van der Waals surface area contributed by atoms with E-state index in [1.165, 1.54) is 12.8 Å². The molecule has 0 bridgehead atoms. The summed E-state index contributed by atoms with van der Waals surface area (Å²) < 4.78 is 5.39. The minimum absolute atomic E-state index is 0.569. The van der Waals surface area contributed by atoms with Crippen LogP contribution in [0.4, 0.5) is 11.8 Å². The normalized spacial score (nSPS) is 18.1. The highest BCUT2D eigenvalue weighted by Crippen LogP contribution is 2.27. The molecule has 6 heteroatoms. The van der Waals surface area contributed by atoms with E-state index in [0.717, 1.165) is 56.5 Å². The first-order valence-corrected chi connectivity index (χ1v) is 9.12. The van der Waals surface area contributed by atoms with E-state index < -0.39 is 0 Å². The third-order valence-electron chi connectivity index (χ3n) is 4.54. The van der Waals surface area contributed by atoms with E-state index in [0.29, 0.717) is 12.0 Å². The molecule has 1 aromatic carbocycles. The van der Waals surface area contributed by atoms with Crippen molar-refractivity contribution in [1.82, 2.24) is 14.9 Å². The lowest BCUT2D eigenvalue weighted by Gasteiger charge is -2.26. The number of rotatable bonds is 7. The number of nitrogens with one attached hydrogen (secondary N) is 2. The van der Waals surface area contributed by atoms with E-state index in [2.05, 4.69) is 32.7 Å². The maximum Gasteiger partial charge on any atom is 0.225 e. The summed E-state index contributed by atoms with van der Waals surface area (Å²) in [6.07, 6.45) is 2.45. The number of anilines is 2. The van der Waals surface area contributed by atoms with Crippen LogP contribution in [0.25, 0.3) is 11.3 Å². The van der Waals surface area contributed by atoms with Crippen molar-refractivity contribution in [1.29, 1.82) is 0 Å². The van der Waals surface area contributed by atoms with Gasteiger partial charge in [-0.1, -0.05) is 30.3 Å². The van der Waals surface area contributed by atoms with Crippen molar-refractivity contribution in [3.8, 4) is 11.3 Å². The molecule has 1 saturated carbocycles. The first-order valence-electron chi connectivity index (χ1n) is 9.12. The Kier molecular flexibility index (Phi) is 5.09. The SMILES string of the molecule is c1ccc(-c2cc(NC3CC3)nc(NCCN3CCOCC3)n2)cc1. The summed E-state index contributed by atoms with van der Waals surface area (Å²) >= 11 is 0. The van der Waals surface area contributed by atoms with Crippen LogP contribution in [0, 0.1) is 0 Å². The highest BCUT2D eigenvalue weighted by molar-refractivity contribution is 5.64. The Labute approximate surface area is 148 Å². The second-order valence-corrected chi connectivity index (χ2v) is 6.63. The maximum absolute atomic E-state index is 5.39. The number of aromatic nitrogens is 2. The Balaban J connectivity index is 1.45. The number of benzene rings is 1. The van der Waals surface area contributed by atoms with Gasteiger partial charge in [0.25, 0.3) is 0 Å². The molecule has 2 aromatic rings. The van der Waals surface area contributed by atoms with E-state index in [9.17, 15) is 0 Å². The Morgan fingerprint density at radius 2 is 1.88 bits per heavy atom. The molecule has 0 radical (unpaired) electrons. The maximum atomic E-state index is 5.39. The molecule has 1 aliphatic carbocycles. The van der Waals surface area contributed by atoms with Crippen molar-refractivity contribution < 1.29 is 4.74 Å². The predicted octanol–water partition coefficient (Wildman–Crippen LogP) is 2.46. The van der Waals surface area contributed by atoms with Crippen LogP contribution < -0.4 is 10.6 Å². The molecule has 4 rings (SSSR count). The van der Waals surface area contributed by atoms with Crippen LogP contribution >= 0.6 is 0 Å². The van der Waals surface area contributed by atoms with Crippen molar-refractivity contribution in [2.45, 2.75) is 18.9 Å². The Hall–Kier alpha value is -2.18. The van der Waals surface area contributed by atoms with Gasteiger partial charge in [-0.3, -0.25) is 4.90 Å². The first kappa shape index (κ1) is 16.3. The van der Waals surface area contributed by atoms with Gasteiger partial charge in [-0.15, -0.1) is 0 Å². The van der Waals surface area contributed by atoms with Gasteiger partial charge in [0, 0.05) is 43.9 Å². The summed E-state index contributed by atoms with van der Waals surface area (Å²) in [4.78, 5) is 11.8. The zero-order chi connectivity index (χ0) is 16.9. The molecule has 132 valence electrons. The van der Waals surface area contributed by atoms with Gasteiger partial charge >= 0.3 is 0 Å². The lowest BCUT2D eigenvalue weighted by Crippen LogP contribution is -2.39. The molecule has 6 nitrogen and oxygen atoms in total. The molecule has 2 fully saturated rings. The van der Waals surface area contributed by atoms with Crippen molar-refractivity contribution >= 4 is 11.8 Å². The molecule has 25 heavy (non-hydrogen) atoms. The minimum atomic E-state index is 0.569. The number of hydrogen-bond donors (Lipinski definition) is 2. The second kappa shape index (κ2) is 7.80. The van der Waals surface area contributed by atoms with Gasteiger partial charge in [-0.2, -0.15) is 4.98 Å². The molecule has 0 spiro atoms. The van der Waals surface area contributed by atoms with Crippen molar-refractivity contribution in [2.75, 3.05) is 50.0 Å². The molecule has 2 N–H and O–H groups in total. The second-order valence-electron chi connectivity index (χ2n) is 6.63. The van der Waals surface area contributed by atoms with Crippen molar-refractivity contribution in [3.63, 3.8) is 0 Å². The van der Waals surface area contributed by atoms with Gasteiger partial charge in [0.15, 0.2) is 0 Å². The van der Waals surface area contributed by atoms with Crippen LogP contribution in [0.5, 0.6) is 0 Å². The molecule has 1 saturated heterocycles. The quantitative estimate of drug-likeness (QED) is 0.808. The lowest BCUT2D eigenvalue weighted by molar-refractivity contribution is 0.0398. The van der Waals surface area contributed by atoms with Crippen LogP contribution in [0.2, 0.25) is 0 Å². The van der Waals surface area contributed by atoms with Crippen LogP contribution in [-0.4, -0.2) is 60.3 Å². The van der Waals surface area contributed by atoms with Crippen molar-refractivity contribution in [2.24, 2.45) is 0 Å². The van der Waals surface area contributed by atoms with E-state index in [1.807, 2.05) is 24.3 Å². The zero-order valence-electron chi connectivity index (χ0n) is 14.4. The molecule has 1 aliphatic heterocycles. The van der Waals surface area contributed by atoms with Gasteiger partial charge in [0.05, 0.1) is 18.9 Å². The minimum Gasteiger partial charge on any atom is -0.379 e. The Morgan fingerprint density at radius 1 is 1.08 bits per heavy atom. The van der Waals surface area contributed by atoms with Gasteiger partial charge < -0.3 is 15.4 Å². The van der Waals surface area contributed by atoms with E-state index >= 15 is 0 Å². The van der Waals surface area contributed by atoms with Crippen LogP contribution in [0.3, 0.4) is 0 Å². The summed E-state index contributed by atoms with van der Waals surface area (Å²) in [5.41, 5.74) is 2.06. The average molecular weight is 339 g/mol. The number of morpholine rings is 1. The predicted molar refractivity (Wildman–Crippen MR) is 99.9 cm³/mol. The van der Waals surface area contributed by atoms with Gasteiger partial charge in [-0.25, -0.2) is 4.98 Å². The Morgan fingerprint density at radius 3 is 2.64 bits per heavy atom. The van der Waals surface area contributed by atoms with Gasteiger partial charge in [0.2, 0.25) is 5.95 Å².